The van der Waals surface area contributed by atoms with Crippen molar-refractivity contribution in [1.82, 2.24) is 5.32 Å². The van der Waals surface area contributed by atoms with Crippen LogP contribution in [-0.4, -0.2) is 40.0 Å². The Bertz CT molecular complexity index is 411. The predicted octanol–water partition coefficient (Wildman–Crippen LogP) is 1.11. The molecule has 19 heavy (non-hydrogen) atoms. The number of nitrogens with one attached hydrogen (secondary N) is 1. The Labute approximate surface area is 115 Å². The summed E-state index contributed by atoms with van der Waals surface area (Å²) < 4.78 is 10.6. The van der Waals surface area contributed by atoms with Crippen molar-refractivity contribution in [1.29, 1.82) is 0 Å². The van der Waals surface area contributed by atoms with Crippen LogP contribution in [0.25, 0.3) is 0 Å². The zero-order valence-corrected chi connectivity index (χ0v) is 11.9. The van der Waals surface area contributed by atoms with Gasteiger partial charge in [-0.3, -0.25) is 0 Å². The molecule has 1 aliphatic heterocycles. The van der Waals surface area contributed by atoms with Crippen LogP contribution >= 0.6 is 0 Å². The van der Waals surface area contributed by atoms with Gasteiger partial charge in [0.2, 0.25) is 0 Å². The summed E-state index contributed by atoms with van der Waals surface area (Å²) >= 11 is 0. The summed E-state index contributed by atoms with van der Waals surface area (Å²) in [5.74, 6) is 0.966. The molecule has 0 amide bonds. The highest BCUT2D eigenvalue weighted by Crippen LogP contribution is 2.25. The molecule has 4 nitrogen and oxygen atoms in total. The van der Waals surface area contributed by atoms with E-state index in [1.165, 1.54) is 11.1 Å². The molecule has 0 aromatic heterocycles. The zero-order chi connectivity index (χ0) is 13.7. The Balaban J connectivity index is 1.80. The highest BCUT2D eigenvalue weighted by molar-refractivity contribution is 5.37. The molecule has 0 bridgehead atoms. The summed E-state index contributed by atoms with van der Waals surface area (Å²) in [6, 6.07) is 6.29. The number of rotatable bonds is 7. The van der Waals surface area contributed by atoms with E-state index in [2.05, 4.69) is 24.4 Å². The topological polar surface area (TPSA) is 56.5 Å². The summed E-state index contributed by atoms with van der Waals surface area (Å²) in [6.45, 7) is 6.22. The van der Waals surface area contributed by atoms with Gasteiger partial charge in [0.05, 0.1) is 20.3 Å². The first-order valence-electron chi connectivity index (χ1n) is 6.81. The summed E-state index contributed by atoms with van der Waals surface area (Å²) in [5.41, 5.74) is 8.47. The molecule has 106 valence electrons. The van der Waals surface area contributed by atoms with E-state index in [0.717, 1.165) is 38.5 Å². The molecule has 0 aliphatic carbocycles. The number of benzene rings is 1. The number of hydrogen-bond acceptors (Lipinski definition) is 4. The fraction of sp³-hybridized carbons (Fsp3) is 0.600. The zero-order valence-electron chi connectivity index (χ0n) is 11.9. The maximum absolute atomic E-state index is 5.79. The van der Waals surface area contributed by atoms with Gasteiger partial charge in [-0.2, -0.15) is 0 Å². The second-order valence-corrected chi connectivity index (χ2v) is 5.44. The minimum atomic E-state index is 0.163. The van der Waals surface area contributed by atoms with Crippen LogP contribution in [0.5, 0.6) is 5.75 Å². The van der Waals surface area contributed by atoms with Crippen molar-refractivity contribution in [2.45, 2.75) is 13.3 Å². The van der Waals surface area contributed by atoms with E-state index in [9.17, 15) is 0 Å². The molecule has 0 spiro atoms. The van der Waals surface area contributed by atoms with Gasteiger partial charge in [-0.15, -0.1) is 0 Å². The van der Waals surface area contributed by atoms with E-state index < -0.39 is 0 Å². The molecule has 4 heteroatoms. The number of ether oxygens (including phenoxy) is 2. The molecule has 2 rings (SSSR count). The lowest BCUT2D eigenvalue weighted by molar-refractivity contribution is -0.104. The Morgan fingerprint density at radius 1 is 1.42 bits per heavy atom. The van der Waals surface area contributed by atoms with Crippen LogP contribution < -0.4 is 15.8 Å². The van der Waals surface area contributed by atoms with Crippen LogP contribution in [0.3, 0.4) is 0 Å². The molecule has 1 fully saturated rings. The van der Waals surface area contributed by atoms with Crippen LogP contribution in [0.15, 0.2) is 18.2 Å². The lowest BCUT2D eigenvalue weighted by Crippen LogP contribution is -2.54. The molecule has 0 radical (unpaired) electrons. The van der Waals surface area contributed by atoms with Crippen LogP contribution in [-0.2, 0) is 11.2 Å². The molecule has 3 N–H and O–H groups in total. The Hall–Kier alpha value is -1.10. The van der Waals surface area contributed by atoms with Gasteiger partial charge in [-0.1, -0.05) is 17.7 Å². The number of aryl methyl sites for hydroxylation is 1. The third-order valence-electron chi connectivity index (χ3n) is 3.76. The van der Waals surface area contributed by atoms with Gasteiger partial charge in [0.25, 0.3) is 0 Å². The first-order chi connectivity index (χ1) is 9.19. The van der Waals surface area contributed by atoms with E-state index in [-0.39, 0.29) is 5.41 Å². The Morgan fingerprint density at radius 2 is 2.21 bits per heavy atom. The van der Waals surface area contributed by atoms with Crippen LogP contribution in [0.4, 0.5) is 0 Å². The first-order valence-corrected chi connectivity index (χ1v) is 6.81. The van der Waals surface area contributed by atoms with E-state index >= 15 is 0 Å². The minimum Gasteiger partial charge on any atom is -0.496 e. The second-order valence-electron chi connectivity index (χ2n) is 5.44. The van der Waals surface area contributed by atoms with Crippen molar-refractivity contribution >= 4 is 0 Å². The second kappa shape index (κ2) is 6.37. The molecule has 1 aliphatic rings. The molecule has 0 atom stereocenters. The fourth-order valence-corrected chi connectivity index (χ4v) is 2.36. The van der Waals surface area contributed by atoms with Gasteiger partial charge in [0.15, 0.2) is 0 Å². The molecule has 1 saturated heterocycles. The monoisotopic (exact) mass is 264 g/mol. The Morgan fingerprint density at radius 3 is 2.79 bits per heavy atom. The van der Waals surface area contributed by atoms with E-state index in [4.69, 9.17) is 15.2 Å². The van der Waals surface area contributed by atoms with Gasteiger partial charge in [0.1, 0.15) is 5.75 Å². The average Bonchev–Trinajstić information content (AvgIpc) is 2.37. The molecule has 1 aromatic rings. The van der Waals surface area contributed by atoms with Crippen LogP contribution in [0.1, 0.15) is 11.1 Å². The van der Waals surface area contributed by atoms with Crippen LogP contribution in [0, 0.1) is 12.3 Å². The number of methoxy groups -OCH3 is 1. The average molecular weight is 264 g/mol. The quantitative estimate of drug-likeness (QED) is 0.724. The number of hydrogen-bond donors (Lipinski definition) is 2. The highest BCUT2D eigenvalue weighted by atomic mass is 16.5. The van der Waals surface area contributed by atoms with Crippen molar-refractivity contribution < 1.29 is 9.47 Å². The molecule has 1 aromatic carbocycles. The third-order valence-corrected chi connectivity index (χ3v) is 3.76. The summed E-state index contributed by atoms with van der Waals surface area (Å²) in [5, 5.41) is 3.48. The van der Waals surface area contributed by atoms with Gasteiger partial charge < -0.3 is 20.5 Å². The minimum absolute atomic E-state index is 0.163. The van der Waals surface area contributed by atoms with Crippen molar-refractivity contribution in [3.63, 3.8) is 0 Å². The van der Waals surface area contributed by atoms with Crippen molar-refractivity contribution in [3.8, 4) is 5.75 Å². The highest BCUT2D eigenvalue weighted by Gasteiger charge is 2.36. The fourth-order valence-electron chi connectivity index (χ4n) is 2.36. The predicted molar refractivity (Wildman–Crippen MR) is 76.6 cm³/mol. The van der Waals surface area contributed by atoms with E-state index in [1.807, 2.05) is 6.07 Å². The third kappa shape index (κ3) is 3.47. The van der Waals surface area contributed by atoms with E-state index in [0.29, 0.717) is 6.54 Å². The summed E-state index contributed by atoms with van der Waals surface area (Å²) in [7, 11) is 1.72. The van der Waals surface area contributed by atoms with Gasteiger partial charge >= 0.3 is 0 Å². The summed E-state index contributed by atoms with van der Waals surface area (Å²) in [6.07, 6.45) is 0.965. The standard InChI is InChI=1S/C15H24N2O2/c1-12-3-4-14(18-2)13(7-12)5-6-17-9-15(8-16)10-19-11-15/h3-4,7,17H,5-6,8-11,16H2,1-2H3. The maximum atomic E-state index is 5.79. The molecule has 0 unspecified atom stereocenters. The molecular weight excluding hydrogens is 240 g/mol. The van der Waals surface area contributed by atoms with E-state index in [1.54, 1.807) is 7.11 Å². The lowest BCUT2D eigenvalue weighted by atomic mass is 9.86. The summed E-state index contributed by atoms with van der Waals surface area (Å²) in [4.78, 5) is 0. The smallest absolute Gasteiger partial charge is 0.122 e. The van der Waals surface area contributed by atoms with Gasteiger partial charge in [-0.25, -0.2) is 0 Å². The van der Waals surface area contributed by atoms with Gasteiger partial charge in [-0.05, 0) is 31.5 Å². The van der Waals surface area contributed by atoms with Crippen molar-refractivity contribution in [2.24, 2.45) is 11.1 Å². The van der Waals surface area contributed by atoms with Gasteiger partial charge in [0, 0.05) is 18.5 Å². The maximum Gasteiger partial charge on any atom is 0.122 e. The van der Waals surface area contributed by atoms with Crippen molar-refractivity contribution in [3.05, 3.63) is 29.3 Å². The molecular formula is C15H24N2O2. The van der Waals surface area contributed by atoms with Crippen LogP contribution in [0.2, 0.25) is 0 Å². The lowest BCUT2D eigenvalue weighted by Gasteiger charge is -2.40. The number of nitrogens with two attached hydrogens (primary N) is 1. The molecule has 1 heterocycles. The largest absolute Gasteiger partial charge is 0.496 e. The normalized spacial score (nSPS) is 17.0. The molecule has 0 saturated carbocycles. The SMILES string of the molecule is COc1ccc(C)cc1CCNCC1(CN)COC1. The van der Waals surface area contributed by atoms with Crippen molar-refractivity contribution in [2.75, 3.05) is 40.0 Å². The first kappa shape index (κ1) is 14.3. The Kier molecular flexibility index (Phi) is 4.80.